The highest BCUT2D eigenvalue weighted by Crippen LogP contribution is 2.27. The summed E-state index contributed by atoms with van der Waals surface area (Å²) in [7, 11) is 0. The van der Waals surface area contributed by atoms with E-state index < -0.39 is 0 Å². The third kappa shape index (κ3) is 5.73. The number of hydrogen-bond acceptors (Lipinski definition) is 4. The molecule has 0 saturated carbocycles. The number of rotatable bonds is 8. The number of carbonyl (C=O) groups excluding carboxylic acids is 2. The summed E-state index contributed by atoms with van der Waals surface area (Å²) < 4.78 is 11.6. The van der Waals surface area contributed by atoms with Crippen molar-refractivity contribution in [1.29, 1.82) is 0 Å². The zero-order chi connectivity index (χ0) is 21.5. The molecule has 0 saturated heterocycles. The van der Waals surface area contributed by atoms with Crippen LogP contribution in [0.15, 0.2) is 69.8 Å². The minimum atomic E-state index is -0.322. The Bertz CT molecular complexity index is 1020. The van der Waals surface area contributed by atoms with Crippen molar-refractivity contribution < 1.29 is 18.7 Å². The van der Waals surface area contributed by atoms with Crippen LogP contribution in [0.1, 0.15) is 40.3 Å². The van der Waals surface area contributed by atoms with Crippen molar-refractivity contribution in [3.63, 3.8) is 0 Å². The van der Waals surface area contributed by atoms with Crippen LogP contribution >= 0.6 is 15.9 Å². The fourth-order valence-electron chi connectivity index (χ4n) is 2.68. The molecule has 2 N–H and O–H groups in total. The molecule has 0 aliphatic carbocycles. The summed E-state index contributed by atoms with van der Waals surface area (Å²) in [5.74, 6) is 1.10. The van der Waals surface area contributed by atoms with E-state index in [1.54, 1.807) is 60.9 Å². The van der Waals surface area contributed by atoms with Crippen LogP contribution in [0.2, 0.25) is 0 Å². The predicted molar refractivity (Wildman–Crippen MR) is 119 cm³/mol. The van der Waals surface area contributed by atoms with Gasteiger partial charge in [-0.25, -0.2) is 0 Å². The lowest BCUT2D eigenvalue weighted by atomic mass is 10.1. The third-order valence-electron chi connectivity index (χ3n) is 4.19. The standard InChI is InChI=1S/C23H23BrN2O4/c1-15(2)14-30-21-10-9-16(12-19(21)24)22(27)26-20-8-4-3-7-18(20)23(28)25-13-17-6-5-11-29-17/h3-12,15H,13-14H2,1-2H3,(H,25,28)(H,26,27). The molecule has 0 spiro atoms. The molecule has 0 aliphatic heterocycles. The molecule has 7 heteroatoms. The number of ether oxygens (including phenoxy) is 1. The summed E-state index contributed by atoms with van der Waals surface area (Å²) in [6.45, 7) is 4.99. The van der Waals surface area contributed by atoms with Crippen LogP contribution in [0.3, 0.4) is 0 Å². The molecule has 0 unspecified atom stereocenters. The Hall–Kier alpha value is -3.06. The van der Waals surface area contributed by atoms with Crippen molar-refractivity contribution in [2.24, 2.45) is 5.92 Å². The second-order valence-electron chi connectivity index (χ2n) is 7.11. The molecular formula is C23H23BrN2O4. The predicted octanol–water partition coefficient (Wildman–Crippen LogP) is 5.26. The van der Waals surface area contributed by atoms with Crippen molar-refractivity contribution in [3.8, 4) is 5.75 Å². The summed E-state index contributed by atoms with van der Waals surface area (Å²) in [5.41, 5.74) is 1.24. The number of halogens is 1. The molecule has 1 heterocycles. The van der Waals surface area contributed by atoms with Crippen molar-refractivity contribution in [2.45, 2.75) is 20.4 Å². The van der Waals surface area contributed by atoms with Gasteiger partial charge in [-0.2, -0.15) is 0 Å². The molecular weight excluding hydrogens is 448 g/mol. The highest BCUT2D eigenvalue weighted by Gasteiger charge is 2.15. The molecule has 2 aromatic carbocycles. The second-order valence-corrected chi connectivity index (χ2v) is 7.97. The van der Waals surface area contributed by atoms with E-state index in [0.29, 0.717) is 45.3 Å². The van der Waals surface area contributed by atoms with Gasteiger partial charge in [-0.15, -0.1) is 0 Å². The summed E-state index contributed by atoms with van der Waals surface area (Å²) in [6, 6.07) is 15.5. The SMILES string of the molecule is CC(C)COc1ccc(C(=O)Nc2ccccc2C(=O)NCc2ccco2)cc1Br. The van der Waals surface area contributed by atoms with E-state index in [9.17, 15) is 9.59 Å². The van der Waals surface area contributed by atoms with Crippen LogP contribution in [0.25, 0.3) is 0 Å². The molecule has 6 nitrogen and oxygen atoms in total. The number of benzene rings is 2. The van der Waals surface area contributed by atoms with Crippen molar-refractivity contribution in [3.05, 3.63) is 82.2 Å². The van der Waals surface area contributed by atoms with Crippen LogP contribution in [0.5, 0.6) is 5.75 Å². The fraction of sp³-hybridized carbons (Fsp3) is 0.217. The van der Waals surface area contributed by atoms with Crippen LogP contribution in [0, 0.1) is 5.92 Å². The van der Waals surface area contributed by atoms with Crippen molar-refractivity contribution >= 4 is 33.4 Å². The number of anilines is 1. The fourth-order valence-corrected chi connectivity index (χ4v) is 3.17. The number of nitrogens with one attached hydrogen (secondary N) is 2. The quantitative estimate of drug-likeness (QED) is 0.470. The Kier molecular flexibility index (Phi) is 7.30. The van der Waals surface area contributed by atoms with E-state index >= 15 is 0 Å². The number of amides is 2. The summed E-state index contributed by atoms with van der Waals surface area (Å²) >= 11 is 3.45. The number of hydrogen-bond donors (Lipinski definition) is 2. The first-order valence-electron chi connectivity index (χ1n) is 9.57. The molecule has 0 bridgehead atoms. The maximum absolute atomic E-state index is 12.7. The topological polar surface area (TPSA) is 80.6 Å². The number of para-hydroxylation sites is 1. The van der Waals surface area contributed by atoms with E-state index in [4.69, 9.17) is 9.15 Å². The number of furan rings is 1. The van der Waals surface area contributed by atoms with Gasteiger partial charge in [0.05, 0.1) is 35.1 Å². The van der Waals surface area contributed by atoms with E-state index in [2.05, 4.69) is 40.4 Å². The largest absolute Gasteiger partial charge is 0.492 e. The highest BCUT2D eigenvalue weighted by atomic mass is 79.9. The molecule has 1 aromatic heterocycles. The first-order valence-corrected chi connectivity index (χ1v) is 10.4. The lowest BCUT2D eigenvalue weighted by molar-refractivity contribution is 0.0949. The monoisotopic (exact) mass is 470 g/mol. The summed E-state index contributed by atoms with van der Waals surface area (Å²) in [6.07, 6.45) is 1.55. The number of carbonyl (C=O) groups is 2. The van der Waals surface area contributed by atoms with Gasteiger partial charge in [0.25, 0.3) is 11.8 Å². The molecule has 30 heavy (non-hydrogen) atoms. The van der Waals surface area contributed by atoms with Gasteiger partial charge in [0.2, 0.25) is 0 Å². The van der Waals surface area contributed by atoms with Gasteiger partial charge in [-0.05, 0) is 64.3 Å². The smallest absolute Gasteiger partial charge is 0.255 e. The Balaban J connectivity index is 1.69. The average Bonchev–Trinajstić information content (AvgIpc) is 3.25. The molecule has 3 aromatic rings. The molecule has 156 valence electrons. The summed E-state index contributed by atoms with van der Waals surface area (Å²) in [5, 5.41) is 5.60. The van der Waals surface area contributed by atoms with E-state index in [-0.39, 0.29) is 18.4 Å². The minimum absolute atomic E-state index is 0.263. The highest BCUT2D eigenvalue weighted by molar-refractivity contribution is 9.10. The van der Waals surface area contributed by atoms with Crippen molar-refractivity contribution in [1.82, 2.24) is 5.32 Å². The van der Waals surface area contributed by atoms with Crippen LogP contribution in [-0.4, -0.2) is 18.4 Å². The molecule has 0 aliphatic rings. The van der Waals surface area contributed by atoms with Gasteiger partial charge in [0, 0.05) is 5.56 Å². The maximum Gasteiger partial charge on any atom is 0.255 e. The maximum atomic E-state index is 12.7. The minimum Gasteiger partial charge on any atom is -0.492 e. The normalized spacial score (nSPS) is 10.7. The Labute approximate surface area is 183 Å². The lowest BCUT2D eigenvalue weighted by Crippen LogP contribution is -2.24. The molecule has 2 amide bonds. The lowest BCUT2D eigenvalue weighted by Gasteiger charge is -2.13. The van der Waals surface area contributed by atoms with Crippen LogP contribution < -0.4 is 15.4 Å². The average molecular weight is 471 g/mol. The first kappa shape index (κ1) is 21.6. The van der Waals surface area contributed by atoms with Gasteiger partial charge in [-0.3, -0.25) is 9.59 Å². The Morgan fingerprint density at radius 1 is 1.07 bits per heavy atom. The summed E-state index contributed by atoms with van der Waals surface area (Å²) in [4.78, 5) is 25.3. The van der Waals surface area contributed by atoms with Gasteiger partial charge >= 0.3 is 0 Å². The van der Waals surface area contributed by atoms with E-state index in [0.717, 1.165) is 0 Å². The van der Waals surface area contributed by atoms with Gasteiger partial charge in [0.15, 0.2) is 0 Å². The van der Waals surface area contributed by atoms with Crippen LogP contribution in [-0.2, 0) is 6.54 Å². The van der Waals surface area contributed by atoms with Gasteiger partial charge < -0.3 is 19.8 Å². The van der Waals surface area contributed by atoms with Gasteiger partial charge in [0.1, 0.15) is 11.5 Å². The first-order chi connectivity index (χ1) is 14.4. The molecule has 0 atom stereocenters. The second kappa shape index (κ2) is 10.1. The zero-order valence-corrected chi connectivity index (χ0v) is 18.4. The molecule has 3 rings (SSSR count). The Morgan fingerprint density at radius 2 is 1.87 bits per heavy atom. The third-order valence-corrected chi connectivity index (χ3v) is 4.81. The Morgan fingerprint density at radius 3 is 2.57 bits per heavy atom. The molecule has 0 fully saturated rings. The van der Waals surface area contributed by atoms with Crippen LogP contribution in [0.4, 0.5) is 5.69 Å². The van der Waals surface area contributed by atoms with Crippen molar-refractivity contribution in [2.75, 3.05) is 11.9 Å². The zero-order valence-electron chi connectivity index (χ0n) is 16.8. The van der Waals surface area contributed by atoms with Gasteiger partial charge in [-0.1, -0.05) is 26.0 Å². The molecule has 0 radical (unpaired) electrons. The van der Waals surface area contributed by atoms with E-state index in [1.807, 2.05) is 0 Å². The van der Waals surface area contributed by atoms with E-state index in [1.165, 1.54) is 0 Å².